The molecular weight excluding hydrogens is 680 g/mol. The Morgan fingerprint density at radius 2 is 1.84 bits per heavy atom. The van der Waals surface area contributed by atoms with Crippen LogP contribution in [0.1, 0.15) is 82.2 Å². The second-order valence-corrected chi connectivity index (χ2v) is 13.0. The van der Waals surface area contributed by atoms with Crippen molar-refractivity contribution in [2.45, 2.75) is 87.4 Å². The maximum absolute atomic E-state index is 14.0. The number of aliphatic hydroxyl groups is 2. The lowest BCUT2D eigenvalue weighted by Crippen LogP contribution is -2.56. The molecule has 6 atom stereocenters. The minimum Gasteiger partial charge on any atom is -0.507 e. The van der Waals surface area contributed by atoms with E-state index in [1.165, 1.54) is 45.1 Å². The number of nitrogens with one attached hydrogen (secondary N) is 1. The molecule has 1 fully saturated rings. The zero-order valence-corrected chi connectivity index (χ0v) is 27.4. The SMILES string of the molecule is C#CC(F)(F)C1(COC(=O)NC2CC(O[C@H]3C[C@](O)(CC(C)=O)Cc4c(O)c5c(c(O)c43)C(=O)c3c(OC)cccc3C5=O)OC(C)C2O)N=N1. The van der Waals surface area contributed by atoms with Gasteiger partial charge in [0.15, 0.2) is 12.1 Å². The number of terminal acetylenes is 1. The van der Waals surface area contributed by atoms with E-state index in [0.29, 0.717) is 0 Å². The van der Waals surface area contributed by atoms with Gasteiger partial charge in [-0.25, -0.2) is 4.79 Å². The van der Waals surface area contributed by atoms with Crippen LogP contribution in [0.2, 0.25) is 0 Å². The topological polar surface area (TPSA) is 223 Å². The summed E-state index contributed by atoms with van der Waals surface area (Å²) in [6, 6.07) is 3.15. The van der Waals surface area contributed by atoms with Crippen LogP contribution < -0.4 is 10.1 Å². The van der Waals surface area contributed by atoms with Gasteiger partial charge in [0.1, 0.15) is 35.7 Å². The molecule has 270 valence electrons. The summed E-state index contributed by atoms with van der Waals surface area (Å²) >= 11 is 0. The first-order chi connectivity index (χ1) is 24.0. The third kappa shape index (κ3) is 6.07. The molecule has 1 saturated heterocycles. The highest BCUT2D eigenvalue weighted by molar-refractivity contribution is 6.31. The Hall–Kier alpha value is -5.02. The van der Waals surface area contributed by atoms with Gasteiger partial charge >= 0.3 is 12.0 Å². The highest BCUT2D eigenvalue weighted by atomic mass is 19.3. The fourth-order valence-electron chi connectivity index (χ4n) is 6.98. The molecule has 0 radical (unpaired) electrons. The van der Waals surface area contributed by atoms with Crippen LogP contribution in [-0.4, -0.2) is 99.3 Å². The fraction of sp³-hybridized carbons (Fsp3) is 0.471. The van der Waals surface area contributed by atoms with Gasteiger partial charge in [0.2, 0.25) is 5.78 Å². The first-order valence-corrected chi connectivity index (χ1v) is 15.8. The third-order valence-electron chi connectivity index (χ3n) is 9.49. The number of halogens is 2. The number of Topliss-reactive ketones (excluding diaryl/α,β-unsaturated/α-hetero) is 1. The van der Waals surface area contributed by atoms with Crippen molar-refractivity contribution in [1.29, 1.82) is 0 Å². The summed E-state index contributed by atoms with van der Waals surface area (Å²) in [5.74, 6) is -5.94. The van der Waals surface area contributed by atoms with Gasteiger partial charge in [0.25, 0.3) is 5.66 Å². The number of benzene rings is 2. The van der Waals surface area contributed by atoms with Gasteiger partial charge in [-0.15, -0.1) is 16.7 Å². The van der Waals surface area contributed by atoms with Crippen LogP contribution in [0.5, 0.6) is 17.2 Å². The average molecular weight is 714 g/mol. The summed E-state index contributed by atoms with van der Waals surface area (Å²) < 4.78 is 50.2. The summed E-state index contributed by atoms with van der Waals surface area (Å²) in [4.78, 5) is 52.4. The Balaban J connectivity index is 1.31. The number of rotatable bonds is 9. The van der Waals surface area contributed by atoms with E-state index in [4.69, 9.17) is 25.4 Å². The fourth-order valence-corrected chi connectivity index (χ4v) is 6.98. The number of alkyl carbamates (subject to hydrolysis) is 1. The highest BCUT2D eigenvalue weighted by Crippen LogP contribution is 2.53. The molecular formula is C34H33F2N3O12. The molecule has 0 saturated carbocycles. The van der Waals surface area contributed by atoms with Crippen LogP contribution in [0.15, 0.2) is 28.4 Å². The number of hydrogen-bond donors (Lipinski definition) is 5. The lowest BCUT2D eigenvalue weighted by atomic mass is 9.71. The number of aliphatic hydroxyl groups excluding tert-OH is 1. The van der Waals surface area contributed by atoms with E-state index in [1.54, 1.807) is 0 Å². The maximum atomic E-state index is 14.0. The van der Waals surface area contributed by atoms with Gasteiger partial charge in [-0.2, -0.15) is 8.78 Å². The number of ketones is 3. The number of carbonyl (C=O) groups excluding carboxylic acids is 4. The molecule has 0 bridgehead atoms. The highest BCUT2D eigenvalue weighted by Gasteiger charge is 2.63. The standard InChI is InChI=1S/C34H33F2N3O12/c1-5-33(35,36)34(38-39-34)13-49-31(46)37-18-9-21(50-15(3)26(18)41)51-20-12-32(47,10-14(2)40)11-17-23(20)30(45)25-24(28(17)43)27(42)16-7-6-8-19(48-4)22(16)29(25)44/h1,6-8,15,18,20-21,26,41,43,45,47H,9-13H2,2-4H3,(H,37,46)/t15?,18?,20-,21?,26?,32-/m0/s1. The number of alkyl halides is 2. The molecule has 1 amide bonds. The molecule has 2 aliphatic heterocycles. The average Bonchev–Trinajstić information content (AvgIpc) is 3.87. The molecule has 15 nitrogen and oxygen atoms in total. The Morgan fingerprint density at radius 3 is 2.47 bits per heavy atom. The van der Waals surface area contributed by atoms with Crippen LogP contribution in [0.3, 0.4) is 0 Å². The summed E-state index contributed by atoms with van der Waals surface area (Å²) in [5.41, 5.74) is -5.79. The summed E-state index contributed by atoms with van der Waals surface area (Å²) in [7, 11) is 1.30. The summed E-state index contributed by atoms with van der Waals surface area (Å²) in [6.45, 7) is 1.70. The number of methoxy groups -OCH3 is 1. The van der Waals surface area contributed by atoms with E-state index in [2.05, 4.69) is 15.5 Å². The van der Waals surface area contributed by atoms with Gasteiger partial charge in [-0.05, 0) is 25.8 Å². The van der Waals surface area contributed by atoms with Gasteiger partial charge in [0, 0.05) is 42.4 Å². The lowest BCUT2D eigenvalue weighted by molar-refractivity contribution is -0.249. The number of hydrogen-bond acceptors (Lipinski definition) is 14. The number of nitrogens with zero attached hydrogens (tertiary/aromatic N) is 2. The monoisotopic (exact) mass is 713 g/mol. The number of fused-ring (bicyclic) bond motifs is 3. The van der Waals surface area contributed by atoms with Crippen LogP contribution in [-0.2, 0) is 25.4 Å². The summed E-state index contributed by atoms with van der Waals surface area (Å²) in [5, 5.41) is 54.5. The van der Waals surface area contributed by atoms with Crippen molar-refractivity contribution in [2.24, 2.45) is 10.2 Å². The molecule has 0 spiro atoms. The molecule has 6 rings (SSSR count). The zero-order valence-electron chi connectivity index (χ0n) is 27.4. The van der Waals surface area contributed by atoms with E-state index in [1.807, 2.05) is 0 Å². The first kappa shape index (κ1) is 35.8. The van der Waals surface area contributed by atoms with Crippen molar-refractivity contribution in [2.75, 3.05) is 13.7 Å². The smallest absolute Gasteiger partial charge is 0.407 e. The van der Waals surface area contributed by atoms with E-state index in [-0.39, 0.29) is 40.8 Å². The van der Waals surface area contributed by atoms with Crippen molar-refractivity contribution in [3.05, 3.63) is 51.6 Å². The molecule has 17 heteroatoms. The second kappa shape index (κ2) is 12.6. The second-order valence-electron chi connectivity index (χ2n) is 13.0. The third-order valence-corrected chi connectivity index (χ3v) is 9.49. The number of phenolic OH excluding ortho intramolecular Hbond substituents is 2. The Bertz CT molecular complexity index is 1920. The van der Waals surface area contributed by atoms with Crippen molar-refractivity contribution >= 4 is 23.4 Å². The Morgan fingerprint density at radius 1 is 1.16 bits per heavy atom. The largest absolute Gasteiger partial charge is 0.507 e. The predicted octanol–water partition coefficient (Wildman–Crippen LogP) is 2.62. The molecule has 2 aromatic carbocycles. The maximum Gasteiger partial charge on any atom is 0.407 e. The van der Waals surface area contributed by atoms with Crippen molar-refractivity contribution < 1.29 is 67.3 Å². The van der Waals surface area contributed by atoms with Crippen molar-refractivity contribution in [3.63, 3.8) is 0 Å². The number of phenols is 2. The normalized spacial score (nSPS) is 27.4. The molecule has 4 aliphatic rings. The number of carbonyl (C=O) groups is 4. The Kier molecular flexibility index (Phi) is 8.87. The molecule has 2 aliphatic carbocycles. The van der Waals surface area contributed by atoms with Crippen molar-refractivity contribution in [3.8, 4) is 29.6 Å². The van der Waals surface area contributed by atoms with Crippen molar-refractivity contribution in [1.82, 2.24) is 5.32 Å². The van der Waals surface area contributed by atoms with E-state index in [9.17, 15) is 48.4 Å². The molecule has 2 aromatic rings. The van der Waals surface area contributed by atoms with Crippen LogP contribution in [0.4, 0.5) is 13.6 Å². The van der Waals surface area contributed by atoms with Gasteiger partial charge in [-0.3, -0.25) is 14.4 Å². The lowest BCUT2D eigenvalue weighted by Gasteiger charge is -2.43. The summed E-state index contributed by atoms with van der Waals surface area (Å²) in [6.07, 6.45) is -2.92. The molecule has 51 heavy (non-hydrogen) atoms. The van der Waals surface area contributed by atoms with Crippen LogP contribution >= 0.6 is 0 Å². The molecule has 5 N–H and O–H groups in total. The van der Waals surface area contributed by atoms with Gasteiger partial charge < -0.3 is 44.7 Å². The quantitative estimate of drug-likeness (QED) is 0.160. The number of aromatic hydroxyl groups is 2. The number of ether oxygens (including phenoxy) is 4. The van der Waals surface area contributed by atoms with E-state index < -0.39 is 113 Å². The van der Waals surface area contributed by atoms with Gasteiger partial charge in [0.05, 0.1) is 47.7 Å². The minimum atomic E-state index is -3.81. The molecule has 0 aromatic heterocycles. The van der Waals surface area contributed by atoms with E-state index >= 15 is 0 Å². The number of amides is 1. The molecule has 2 heterocycles. The Labute approximate surface area is 288 Å². The van der Waals surface area contributed by atoms with Crippen LogP contribution in [0.25, 0.3) is 0 Å². The minimum absolute atomic E-state index is 0.0535. The predicted molar refractivity (Wildman–Crippen MR) is 167 cm³/mol. The molecule has 4 unspecified atom stereocenters. The van der Waals surface area contributed by atoms with Gasteiger partial charge in [-0.1, -0.05) is 12.1 Å². The van der Waals surface area contributed by atoms with E-state index in [0.717, 1.165) is 0 Å². The first-order valence-electron chi connectivity index (χ1n) is 15.8. The van der Waals surface area contributed by atoms with Crippen LogP contribution in [0, 0.1) is 12.3 Å². The zero-order chi connectivity index (χ0) is 37.2.